The van der Waals surface area contributed by atoms with Crippen LogP contribution in [0.25, 0.3) is 0 Å². The molecule has 0 atom stereocenters. The number of ketones is 1. The molecule has 0 fully saturated rings. The summed E-state index contributed by atoms with van der Waals surface area (Å²) in [5.74, 6) is 0.00258. The van der Waals surface area contributed by atoms with Crippen LogP contribution in [-0.2, 0) is 6.42 Å². The number of carbonyl (C=O) groups is 1. The van der Waals surface area contributed by atoms with Gasteiger partial charge in [-0.05, 0) is 30.0 Å². The molecular weight excluding hydrogens is 244 g/mol. The van der Waals surface area contributed by atoms with Crippen LogP contribution in [-0.4, -0.2) is 24.4 Å². The molecule has 0 amide bonds. The lowest BCUT2D eigenvalue weighted by Crippen LogP contribution is -2.20. The Morgan fingerprint density at radius 2 is 2.22 bits per heavy atom. The lowest BCUT2D eigenvalue weighted by molar-refractivity contribution is 0.101. The van der Waals surface area contributed by atoms with Gasteiger partial charge in [0.15, 0.2) is 5.78 Å². The largest absolute Gasteiger partial charge is 0.373 e. The second-order valence-corrected chi connectivity index (χ2v) is 5.24. The van der Waals surface area contributed by atoms with Crippen LogP contribution in [0.15, 0.2) is 35.8 Å². The van der Waals surface area contributed by atoms with Crippen LogP contribution in [0.5, 0.6) is 0 Å². The highest BCUT2D eigenvalue weighted by molar-refractivity contribution is 7.09. The Balaban J connectivity index is 1.96. The molecule has 0 aliphatic rings. The van der Waals surface area contributed by atoms with Gasteiger partial charge >= 0.3 is 0 Å². The van der Waals surface area contributed by atoms with Crippen LogP contribution in [0.1, 0.15) is 22.3 Å². The van der Waals surface area contributed by atoms with E-state index in [-0.39, 0.29) is 5.78 Å². The summed E-state index contributed by atoms with van der Waals surface area (Å²) in [6.07, 6.45) is 2.79. The van der Waals surface area contributed by atoms with Crippen molar-refractivity contribution in [1.29, 1.82) is 0 Å². The Kier molecular flexibility index (Phi) is 4.10. The number of likely N-dealkylation sites (N-methyl/N-ethyl adjacent to an activating group) is 1. The van der Waals surface area contributed by atoms with E-state index in [1.165, 1.54) is 11.8 Å². The normalized spacial score (nSPS) is 10.3. The average molecular weight is 260 g/mol. The molecule has 18 heavy (non-hydrogen) atoms. The molecule has 0 saturated heterocycles. The maximum atomic E-state index is 11.1. The maximum absolute atomic E-state index is 11.1. The third-order valence-electron chi connectivity index (χ3n) is 2.82. The van der Waals surface area contributed by atoms with Crippen molar-refractivity contribution >= 4 is 22.8 Å². The number of hydrogen-bond acceptors (Lipinski definition) is 4. The quantitative estimate of drug-likeness (QED) is 0.775. The van der Waals surface area contributed by atoms with Crippen molar-refractivity contribution in [2.75, 3.05) is 18.5 Å². The van der Waals surface area contributed by atoms with Crippen LogP contribution >= 0.6 is 11.3 Å². The van der Waals surface area contributed by atoms with Crippen molar-refractivity contribution in [3.05, 3.63) is 46.4 Å². The van der Waals surface area contributed by atoms with Crippen molar-refractivity contribution in [2.45, 2.75) is 13.3 Å². The number of rotatable bonds is 5. The maximum Gasteiger partial charge on any atom is 0.178 e. The van der Waals surface area contributed by atoms with Gasteiger partial charge in [-0.3, -0.25) is 9.78 Å². The van der Waals surface area contributed by atoms with Crippen LogP contribution in [0.4, 0.5) is 5.69 Å². The second kappa shape index (κ2) is 5.78. The predicted molar refractivity (Wildman–Crippen MR) is 75.5 cm³/mol. The standard InChI is InChI=1S/C14H16N2OS/c1-11(17)14-6-5-12(10-15-14)16(2)8-7-13-4-3-9-18-13/h3-6,9-10H,7-8H2,1-2H3. The summed E-state index contributed by atoms with van der Waals surface area (Å²) in [6, 6.07) is 7.94. The van der Waals surface area contributed by atoms with Crippen LogP contribution in [0.2, 0.25) is 0 Å². The number of Topliss-reactive ketones (excluding diaryl/α,β-unsaturated/α-hetero) is 1. The van der Waals surface area contributed by atoms with E-state index in [1.54, 1.807) is 23.6 Å². The summed E-state index contributed by atoms with van der Waals surface area (Å²) >= 11 is 1.78. The van der Waals surface area contributed by atoms with Crippen molar-refractivity contribution in [3.63, 3.8) is 0 Å². The molecule has 2 heterocycles. The molecule has 0 spiro atoms. The van der Waals surface area contributed by atoms with E-state index < -0.39 is 0 Å². The molecule has 0 saturated carbocycles. The Hall–Kier alpha value is -1.68. The van der Waals surface area contributed by atoms with Crippen LogP contribution in [0, 0.1) is 0 Å². The van der Waals surface area contributed by atoms with Gasteiger partial charge in [-0.2, -0.15) is 0 Å². The molecule has 2 aromatic rings. The summed E-state index contributed by atoms with van der Waals surface area (Å²) in [6.45, 7) is 2.48. The van der Waals surface area contributed by atoms with Crippen molar-refractivity contribution in [2.24, 2.45) is 0 Å². The molecule has 0 radical (unpaired) electrons. The first kappa shape index (κ1) is 12.8. The molecule has 3 nitrogen and oxygen atoms in total. The highest BCUT2D eigenvalue weighted by atomic mass is 32.1. The van der Waals surface area contributed by atoms with E-state index in [0.29, 0.717) is 5.69 Å². The van der Waals surface area contributed by atoms with E-state index in [2.05, 4.69) is 27.4 Å². The Morgan fingerprint density at radius 1 is 1.39 bits per heavy atom. The number of anilines is 1. The highest BCUT2D eigenvalue weighted by Gasteiger charge is 2.04. The average Bonchev–Trinajstić information content (AvgIpc) is 2.89. The van der Waals surface area contributed by atoms with Gasteiger partial charge in [-0.15, -0.1) is 11.3 Å². The van der Waals surface area contributed by atoms with Gasteiger partial charge in [0.05, 0.1) is 11.9 Å². The first-order chi connectivity index (χ1) is 8.66. The molecule has 0 unspecified atom stereocenters. The lowest BCUT2D eigenvalue weighted by atomic mass is 10.2. The minimum absolute atomic E-state index is 0.00258. The second-order valence-electron chi connectivity index (χ2n) is 4.21. The van der Waals surface area contributed by atoms with Gasteiger partial charge in [-0.1, -0.05) is 6.07 Å². The Labute approximate surface area is 111 Å². The van der Waals surface area contributed by atoms with Crippen molar-refractivity contribution in [1.82, 2.24) is 4.98 Å². The lowest BCUT2D eigenvalue weighted by Gasteiger charge is -2.18. The molecule has 0 N–H and O–H groups in total. The fourth-order valence-electron chi connectivity index (χ4n) is 1.68. The van der Waals surface area contributed by atoms with E-state index in [4.69, 9.17) is 0 Å². The smallest absolute Gasteiger partial charge is 0.178 e. The third kappa shape index (κ3) is 3.17. The summed E-state index contributed by atoms with van der Waals surface area (Å²) < 4.78 is 0. The molecule has 0 aromatic carbocycles. The molecule has 94 valence electrons. The monoisotopic (exact) mass is 260 g/mol. The Bertz CT molecular complexity index is 505. The number of hydrogen-bond donors (Lipinski definition) is 0. The molecule has 0 aliphatic heterocycles. The molecule has 2 aromatic heterocycles. The molecule has 0 aliphatic carbocycles. The number of aromatic nitrogens is 1. The summed E-state index contributed by atoms with van der Waals surface area (Å²) in [4.78, 5) is 18.8. The molecule has 2 rings (SSSR count). The third-order valence-corrected chi connectivity index (χ3v) is 3.76. The van der Waals surface area contributed by atoms with Gasteiger partial charge in [0.2, 0.25) is 0 Å². The number of nitrogens with zero attached hydrogens (tertiary/aromatic N) is 2. The van der Waals surface area contributed by atoms with Gasteiger partial charge in [-0.25, -0.2) is 0 Å². The topological polar surface area (TPSA) is 33.2 Å². The molecule has 4 heteroatoms. The summed E-state index contributed by atoms with van der Waals surface area (Å²) in [5, 5.41) is 2.10. The fourth-order valence-corrected chi connectivity index (χ4v) is 2.38. The van der Waals surface area contributed by atoms with Crippen molar-refractivity contribution in [3.8, 4) is 0 Å². The summed E-state index contributed by atoms with van der Waals surface area (Å²) in [5.41, 5.74) is 1.56. The zero-order chi connectivity index (χ0) is 13.0. The van der Waals surface area contributed by atoms with Gasteiger partial charge in [0.1, 0.15) is 5.69 Å². The van der Waals surface area contributed by atoms with E-state index in [9.17, 15) is 4.79 Å². The fraction of sp³-hybridized carbons (Fsp3) is 0.286. The first-order valence-electron chi connectivity index (χ1n) is 5.87. The number of pyridine rings is 1. The van der Waals surface area contributed by atoms with E-state index >= 15 is 0 Å². The molecular formula is C14H16N2OS. The SMILES string of the molecule is CC(=O)c1ccc(N(C)CCc2cccs2)cn1. The Morgan fingerprint density at radius 3 is 2.78 bits per heavy atom. The predicted octanol–water partition coefficient (Wildman–Crippen LogP) is 3.02. The van der Waals surface area contributed by atoms with Crippen LogP contribution in [0.3, 0.4) is 0 Å². The van der Waals surface area contributed by atoms with Gasteiger partial charge < -0.3 is 4.90 Å². The van der Waals surface area contributed by atoms with Crippen molar-refractivity contribution < 1.29 is 4.79 Å². The number of carbonyl (C=O) groups excluding carboxylic acids is 1. The molecule has 0 bridgehead atoms. The van der Waals surface area contributed by atoms with E-state index in [0.717, 1.165) is 18.7 Å². The zero-order valence-electron chi connectivity index (χ0n) is 10.6. The first-order valence-corrected chi connectivity index (χ1v) is 6.75. The minimum Gasteiger partial charge on any atom is -0.373 e. The minimum atomic E-state index is 0.00258. The zero-order valence-corrected chi connectivity index (χ0v) is 11.4. The summed E-state index contributed by atoms with van der Waals surface area (Å²) in [7, 11) is 2.04. The van der Waals surface area contributed by atoms with E-state index in [1.807, 2.05) is 13.1 Å². The highest BCUT2D eigenvalue weighted by Crippen LogP contribution is 2.14. The van der Waals surface area contributed by atoms with Gasteiger partial charge in [0.25, 0.3) is 0 Å². The van der Waals surface area contributed by atoms with Crippen LogP contribution < -0.4 is 4.90 Å². The van der Waals surface area contributed by atoms with Gasteiger partial charge in [0, 0.05) is 25.4 Å². The number of thiophene rings is 1.